The molecule has 0 aromatic carbocycles. The summed E-state index contributed by atoms with van der Waals surface area (Å²) in [5, 5.41) is 0. The van der Waals surface area contributed by atoms with Crippen LogP contribution in [0.25, 0.3) is 0 Å². The maximum atomic E-state index is 5.64. The SMILES string of the molecule is CC1CCCC(N)=NC1C. The molecular formula is C8H16N2. The van der Waals surface area contributed by atoms with Gasteiger partial charge in [0.2, 0.25) is 0 Å². The van der Waals surface area contributed by atoms with Crippen molar-refractivity contribution in [3.8, 4) is 0 Å². The van der Waals surface area contributed by atoms with Gasteiger partial charge < -0.3 is 5.73 Å². The van der Waals surface area contributed by atoms with Crippen molar-refractivity contribution in [3.63, 3.8) is 0 Å². The van der Waals surface area contributed by atoms with Crippen molar-refractivity contribution in [3.05, 3.63) is 0 Å². The quantitative estimate of drug-likeness (QED) is 0.544. The van der Waals surface area contributed by atoms with Crippen molar-refractivity contribution in [2.45, 2.75) is 39.2 Å². The number of hydrogen-bond donors (Lipinski definition) is 1. The third-order valence-electron chi connectivity index (χ3n) is 2.29. The van der Waals surface area contributed by atoms with Crippen LogP contribution in [-0.4, -0.2) is 11.9 Å². The summed E-state index contributed by atoms with van der Waals surface area (Å²) in [6, 6.07) is 0.433. The highest BCUT2D eigenvalue weighted by molar-refractivity contribution is 5.80. The molecular weight excluding hydrogens is 124 g/mol. The van der Waals surface area contributed by atoms with E-state index in [0.717, 1.165) is 12.3 Å². The van der Waals surface area contributed by atoms with Crippen LogP contribution in [0.2, 0.25) is 0 Å². The Bertz CT molecular complexity index is 140. The van der Waals surface area contributed by atoms with Gasteiger partial charge in [-0.1, -0.05) is 6.92 Å². The molecule has 1 aliphatic rings. The van der Waals surface area contributed by atoms with Crippen LogP contribution in [0.15, 0.2) is 4.99 Å². The molecule has 2 heteroatoms. The molecule has 2 nitrogen and oxygen atoms in total. The van der Waals surface area contributed by atoms with Crippen LogP contribution >= 0.6 is 0 Å². The standard InChI is InChI=1S/C8H16N2/c1-6-4-3-5-8(9)10-7(6)2/h6-7H,3-5H2,1-2H3,(H2,9,10). The summed E-state index contributed by atoms with van der Waals surface area (Å²) >= 11 is 0. The first kappa shape index (κ1) is 7.58. The van der Waals surface area contributed by atoms with Gasteiger partial charge in [0.15, 0.2) is 0 Å². The predicted octanol–water partition coefficient (Wildman–Crippen LogP) is 1.55. The third-order valence-corrected chi connectivity index (χ3v) is 2.29. The number of nitrogens with zero attached hydrogens (tertiary/aromatic N) is 1. The van der Waals surface area contributed by atoms with Gasteiger partial charge in [-0.05, 0) is 25.7 Å². The van der Waals surface area contributed by atoms with Crippen LogP contribution in [0.5, 0.6) is 0 Å². The maximum absolute atomic E-state index is 5.64. The minimum absolute atomic E-state index is 0.433. The van der Waals surface area contributed by atoms with E-state index in [1.54, 1.807) is 0 Å². The summed E-state index contributed by atoms with van der Waals surface area (Å²) in [5.74, 6) is 1.55. The van der Waals surface area contributed by atoms with E-state index in [1.807, 2.05) is 0 Å². The second kappa shape index (κ2) is 3.04. The second-order valence-corrected chi connectivity index (χ2v) is 3.23. The highest BCUT2D eigenvalue weighted by Crippen LogP contribution is 2.18. The fraction of sp³-hybridized carbons (Fsp3) is 0.875. The number of aliphatic imine (C=N–C) groups is 1. The molecule has 0 saturated carbocycles. The van der Waals surface area contributed by atoms with Gasteiger partial charge in [-0.25, -0.2) is 0 Å². The summed E-state index contributed by atoms with van der Waals surface area (Å²) in [4.78, 5) is 4.35. The zero-order chi connectivity index (χ0) is 7.56. The summed E-state index contributed by atoms with van der Waals surface area (Å²) in [5.41, 5.74) is 5.64. The second-order valence-electron chi connectivity index (χ2n) is 3.23. The summed E-state index contributed by atoms with van der Waals surface area (Å²) in [7, 11) is 0. The first-order valence-corrected chi connectivity index (χ1v) is 4.02. The number of rotatable bonds is 0. The van der Waals surface area contributed by atoms with Crippen LogP contribution in [0.1, 0.15) is 33.1 Å². The van der Waals surface area contributed by atoms with Crippen LogP contribution < -0.4 is 5.73 Å². The van der Waals surface area contributed by atoms with Gasteiger partial charge >= 0.3 is 0 Å². The molecule has 1 rings (SSSR count). The molecule has 0 spiro atoms. The summed E-state index contributed by atoms with van der Waals surface area (Å²) < 4.78 is 0. The molecule has 0 amide bonds. The molecule has 58 valence electrons. The van der Waals surface area contributed by atoms with Gasteiger partial charge in [-0.2, -0.15) is 0 Å². The zero-order valence-electron chi connectivity index (χ0n) is 6.80. The lowest BCUT2D eigenvalue weighted by Crippen LogP contribution is -2.14. The Balaban J connectivity index is 2.59. The molecule has 0 aliphatic carbocycles. The van der Waals surface area contributed by atoms with E-state index in [-0.39, 0.29) is 0 Å². The zero-order valence-corrected chi connectivity index (χ0v) is 6.80. The van der Waals surface area contributed by atoms with E-state index in [1.165, 1.54) is 12.8 Å². The van der Waals surface area contributed by atoms with Crippen LogP contribution in [-0.2, 0) is 0 Å². The third kappa shape index (κ3) is 1.72. The minimum Gasteiger partial charge on any atom is -0.387 e. The highest BCUT2D eigenvalue weighted by atomic mass is 14.9. The van der Waals surface area contributed by atoms with E-state index in [4.69, 9.17) is 5.73 Å². The number of amidine groups is 1. The van der Waals surface area contributed by atoms with Crippen molar-refractivity contribution in [2.75, 3.05) is 0 Å². The first-order chi connectivity index (χ1) is 4.70. The van der Waals surface area contributed by atoms with E-state index >= 15 is 0 Å². The van der Waals surface area contributed by atoms with Gasteiger partial charge in [-0.3, -0.25) is 4.99 Å². The average molecular weight is 140 g/mol. The van der Waals surface area contributed by atoms with Crippen LogP contribution in [0, 0.1) is 5.92 Å². The monoisotopic (exact) mass is 140 g/mol. The lowest BCUT2D eigenvalue weighted by Gasteiger charge is -2.11. The highest BCUT2D eigenvalue weighted by Gasteiger charge is 2.14. The van der Waals surface area contributed by atoms with Crippen LogP contribution in [0.4, 0.5) is 0 Å². The van der Waals surface area contributed by atoms with Gasteiger partial charge in [0, 0.05) is 6.42 Å². The molecule has 0 bridgehead atoms. The van der Waals surface area contributed by atoms with Gasteiger partial charge in [0.05, 0.1) is 11.9 Å². The van der Waals surface area contributed by atoms with Crippen molar-refractivity contribution in [2.24, 2.45) is 16.6 Å². The molecule has 1 heterocycles. The van der Waals surface area contributed by atoms with Gasteiger partial charge in [-0.15, -0.1) is 0 Å². The topological polar surface area (TPSA) is 38.4 Å². The minimum atomic E-state index is 0.433. The summed E-state index contributed by atoms with van der Waals surface area (Å²) in [6.07, 6.45) is 3.47. The Labute approximate surface area is 62.5 Å². The Morgan fingerprint density at radius 3 is 2.90 bits per heavy atom. The molecule has 10 heavy (non-hydrogen) atoms. The number of nitrogens with two attached hydrogens (primary N) is 1. The largest absolute Gasteiger partial charge is 0.387 e. The maximum Gasteiger partial charge on any atom is 0.0940 e. The molecule has 0 fully saturated rings. The Morgan fingerprint density at radius 2 is 2.20 bits per heavy atom. The molecule has 0 saturated heterocycles. The average Bonchev–Trinajstić information content (AvgIpc) is 1.96. The van der Waals surface area contributed by atoms with E-state index in [2.05, 4.69) is 18.8 Å². The molecule has 2 unspecified atom stereocenters. The Morgan fingerprint density at radius 1 is 1.50 bits per heavy atom. The van der Waals surface area contributed by atoms with E-state index in [9.17, 15) is 0 Å². The Kier molecular flexibility index (Phi) is 2.30. The molecule has 2 atom stereocenters. The molecule has 2 N–H and O–H groups in total. The normalized spacial score (nSPS) is 34.8. The van der Waals surface area contributed by atoms with Crippen molar-refractivity contribution in [1.82, 2.24) is 0 Å². The molecule has 0 radical (unpaired) electrons. The lowest BCUT2D eigenvalue weighted by atomic mass is 9.99. The van der Waals surface area contributed by atoms with Crippen LogP contribution in [0.3, 0.4) is 0 Å². The fourth-order valence-electron chi connectivity index (χ4n) is 1.30. The van der Waals surface area contributed by atoms with Crippen molar-refractivity contribution in [1.29, 1.82) is 0 Å². The van der Waals surface area contributed by atoms with E-state index in [0.29, 0.717) is 12.0 Å². The lowest BCUT2D eigenvalue weighted by molar-refractivity contribution is 0.455. The van der Waals surface area contributed by atoms with Crippen molar-refractivity contribution >= 4 is 5.84 Å². The van der Waals surface area contributed by atoms with Gasteiger partial charge in [0.1, 0.15) is 0 Å². The Hall–Kier alpha value is -0.530. The van der Waals surface area contributed by atoms with E-state index < -0.39 is 0 Å². The number of hydrogen-bond acceptors (Lipinski definition) is 2. The van der Waals surface area contributed by atoms with Crippen molar-refractivity contribution < 1.29 is 0 Å². The molecule has 0 aromatic rings. The molecule has 1 aliphatic heterocycles. The fourth-order valence-corrected chi connectivity index (χ4v) is 1.30. The summed E-state index contributed by atoms with van der Waals surface area (Å²) in [6.45, 7) is 4.38. The van der Waals surface area contributed by atoms with Gasteiger partial charge in [0.25, 0.3) is 0 Å². The first-order valence-electron chi connectivity index (χ1n) is 4.02. The predicted molar refractivity (Wildman–Crippen MR) is 44.1 cm³/mol. The smallest absolute Gasteiger partial charge is 0.0940 e. The molecule has 0 aromatic heterocycles.